The molecule has 0 radical (unpaired) electrons. The van der Waals surface area contributed by atoms with Crippen LogP contribution in [0.5, 0.6) is 0 Å². The third kappa shape index (κ3) is 3.09. The predicted molar refractivity (Wildman–Crippen MR) is 72.3 cm³/mol. The van der Waals surface area contributed by atoms with E-state index in [1.807, 2.05) is 11.0 Å². The number of hydrogen-bond donors (Lipinski definition) is 1. The van der Waals surface area contributed by atoms with Gasteiger partial charge in [0.15, 0.2) is 0 Å². The zero-order valence-electron chi connectivity index (χ0n) is 10.2. The molecule has 0 bridgehead atoms. The van der Waals surface area contributed by atoms with Gasteiger partial charge in [-0.3, -0.25) is 4.79 Å². The molecule has 1 heterocycles. The number of aromatic nitrogens is 1. The average molecular weight is 313 g/mol. The molecule has 1 fully saturated rings. The van der Waals surface area contributed by atoms with Crippen molar-refractivity contribution in [1.82, 2.24) is 9.88 Å². The Bertz CT molecular complexity index is 404. The van der Waals surface area contributed by atoms with E-state index in [1.165, 1.54) is 6.42 Å². The smallest absolute Gasteiger partial charge is 0.272 e. The Morgan fingerprint density at radius 3 is 2.78 bits per heavy atom. The van der Waals surface area contributed by atoms with Crippen molar-refractivity contribution in [1.29, 1.82) is 0 Å². The molecular weight excluding hydrogens is 296 g/mol. The first-order valence-electron chi connectivity index (χ1n) is 6.26. The third-order valence-electron chi connectivity index (χ3n) is 3.28. The Labute approximate surface area is 115 Å². The second-order valence-corrected chi connectivity index (χ2v) is 5.44. The highest BCUT2D eigenvalue weighted by Gasteiger charge is 2.29. The minimum absolute atomic E-state index is 0.0272. The summed E-state index contributed by atoms with van der Waals surface area (Å²) in [5.41, 5.74) is 0.475. The Morgan fingerprint density at radius 2 is 2.28 bits per heavy atom. The maximum absolute atomic E-state index is 12.4. The van der Waals surface area contributed by atoms with E-state index in [9.17, 15) is 4.79 Å². The monoisotopic (exact) mass is 312 g/mol. The van der Waals surface area contributed by atoms with E-state index in [0.29, 0.717) is 24.7 Å². The number of carbonyl (C=O) groups excluding carboxylic acids is 1. The molecule has 0 unspecified atom stereocenters. The molecule has 2 rings (SSSR count). The number of halogens is 1. The van der Waals surface area contributed by atoms with Gasteiger partial charge in [-0.15, -0.1) is 0 Å². The van der Waals surface area contributed by atoms with E-state index in [-0.39, 0.29) is 12.5 Å². The molecule has 1 aliphatic carbocycles. The maximum Gasteiger partial charge on any atom is 0.272 e. The summed E-state index contributed by atoms with van der Waals surface area (Å²) in [5, 5.41) is 8.92. The van der Waals surface area contributed by atoms with Crippen LogP contribution in [-0.4, -0.2) is 40.1 Å². The first kappa shape index (κ1) is 13.5. The van der Waals surface area contributed by atoms with Gasteiger partial charge in [0.1, 0.15) is 5.69 Å². The lowest BCUT2D eigenvalue weighted by Gasteiger charge is -2.37. The molecule has 5 heteroatoms. The van der Waals surface area contributed by atoms with Crippen LogP contribution in [0, 0.1) is 0 Å². The van der Waals surface area contributed by atoms with Crippen LogP contribution in [0.25, 0.3) is 0 Å². The van der Waals surface area contributed by atoms with Crippen LogP contribution >= 0.6 is 15.9 Å². The Kier molecular flexibility index (Phi) is 4.72. The van der Waals surface area contributed by atoms with E-state index in [1.54, 1.807) is 12.3 Å². The van der Waals surface area contributed by atoms with E-state index in [4.69, 9.17) is 5.11 Å². The summed E-state index contributed by atoms with van der Waals surface area (Å²) in [7, 11) is 0. The number of pyridine rings is 1. The van der Waals surface area contributed by atoms with E-state index < -0.39 is 0 Å². The predicted octanol–water partition coefficient (Wildman–Crippen LogP) is 2.22. The molecule has 0 spiro atoms. The largest absolute Gasteiger partial charge is 0.396 e. The topological polar surface area (TPSA) is 53.4 Å². The lowest BCUT2D eigenvalue weighted by molar-refractivity contribution is 0.0556. The SMILES string of the molecule is O=C(c1ccc(Br)cn1)N(CCCO)C1CCC1. The van der Waals surface area contributed by atoms with Gasteiger partial charge < -0.3 is 10.0 Å². The molecule has 0 saturated heterocycles. The quantitative estimate of drug-likeness (QED) is 0.907. The Balaban J connectivity index is 2.08. The molecule has 1 N–H and O–H groups in total. The highest BCUT2D eigenvalue weighted by molar-refractivity contribution is 9.10. The van der Waals surface area contributed by atoms with Crippen molar-refractivity contribution in [2.45, 2.75) is 31.7 Å². The second kappa shape index (κ2) is 6.29. The molecule has 1 aromatic rings. The molecule has 18 heavy (non-hydrogen) atoms. The highest BCUT2D eigenvalue weighted by Crippen LogP contribution is 2.26. The van der Waals surface area contributed by atoms with Gasteiger partial charge in [0.25, 0.3) is 5.91 Å². The summed E-state index contributed by atoms with van der Waals surface area (Å²) < 4.78 is 0.865. The van der Waals surface area contributed by atoms with Crippen LogP contribution in [0.15, 0.2) is 22.8 Å². The van der Waals surface area contributed by atoms with E-state index >= 15 is 0 Å². The average Bonchev–Trinajstić information content (AvgIpc) is 2.32. The van der Waals surface area contributed by atoms with Gasteiger partial charge in [0.2, 0.25) is 0 Å². The van der Waals surface area contributed by atoms with E-state index in [2.05, 4.69) is 20.9 Å². The van der Waals surface area contributed by atoms with Gasteiger partial charge in [-0.1, -0.05) is 0 Å². The lowest BCUT2D eigenvalue weighted by Crippen LogP contribution is -2.45. The van der Waals surface area contributed by atoms with Gasteiger partial charge in [0, 0.05) is 29.9 Å². The van der Waals surface area contributed by atoms with Crippen LogP contribution in [-0.2, 0) is 0 Å². The van der Waals surface area contributed by atoms with Crippen molar-refractivity contribution in [2.24, 2.45) is 0 Å². The fourth-order valence-electron chi connectivity index (χ4n) is 2.04. The van der Waals surface area contributed by atoms with Crippen molar-refractivity contribution in [3.63, 3.8) is 0 Å². The number of aliphatic hydroxyl groups is 1. The zero-order valence-corrected chi connectivity index (χ0v) is 11.8. The standard InChI is InChI=1S/C13H17BrN2O2/c14-10-5-6-12(15-9-10)13(18)16(7-2-8-17)11-3-1-4-11/h5-6,9,11,17H,1-4,7-8H2. The molecule has 1 aromatic heterocycles. The van der Waals surface area contributed by atoms with Gasteiger partial charge >= 0.3 is 0 Å². The normalized spacial score (nSPS) is 15.2. The van der Waals surface area contributed by atoms with Crippen molar-refractivity contribution >= 4 is 21.8 Å². The van der Waals surface area contributed by atoms with Crippen LogP contribution in [0.2, 0.25) is 0 Å². The molecule has 4 nitrogen and oxygen atoms in total. The maximum atomic E-state index is 12.4. The molecule has 1 aliphatic rings. The van der Waals surface area contributed by atoms with Crippen LogP contribution in [0.4, 0.5) is 0 Å². The van der Waals surface area contributed by atoms with Gasteiger partial charge in [-0.2, -0.15) is 0 Å². The molecule has 0 atom stereocenters. The zero-order chi connectivity index (χ0) is 13.0. The summed E-state index contributed by atoms with van der Waals surface area (Å²) >= 11 is 3.31. The van der Waals surface area contributed by atoms with Crippen molar-refractivity contribution in [3.05, 3.63) is 28.5 Å². The number of hydrogen-bond acceptors (Lipinski definition) is 3. The fraction of sp³-hybridized carbons (Fsp3) is 0.538. The fourth-order valence-corrected chi connectivity index (χ4v) is 2.27. The van der Waals surface area contributed by atoms with Crippen LogP contribution in [0.1, 0.15) is 36.2 Å². The number of nitrogens with zero attached hydrogens (tertiary/aromatic N) is 2. The lowest BCUT2D eigenvalue weighted by atomic mass is 9.91. The number of carbonyl (C=O) groups is 1. The second-order valence-electron chi connectivity index (χ2n) is 4.52. The van der Waals surface area contributed by atoms with Crippen molar-refractivity contribution in [2.75, 3.05) is 13.2 Å². The summed E-state index contributed by atoms with van der Waals surface area (Å²) in [5.74, 6) is -0.0272. The molecule has 1 saturated carbocycles. The number of aliphatic hydroxyl groups excluding tert-OH is 1. The number of rotatable bonds is 5. The minimum atomic E-state index is -0.0272. The highest BCUT2D eigenvalue weighted by atomic mass is 79.9. The summed E-state index contributed by atoms with van der Waals surface area (Å²) in [6.07, 6.45) is 5.57. The molecular formula is C13H17BrN2O2. The van der Waals surface area contributed by atoms with Gasteiger partial charge in [-0.05, 0) is 53.7 Å². The van der Waals surface area contributed by atoms with Crippen molar-refractivity contribution in [3.8, 4) is 0 Å². The Morgan fingerprint density at radius 1 is 1.50 bits per heavy atom. The first-order chi connectivity index (χ1) is 8.72. The number of amides is 1. The summed E-state index contributed by atoms with van der Waals surface area (Å²) in [6.45, 7) is 0.724. The first-order valence-corrected chi connectivity index (χ1v) is 7.05. The molecule has 98 valence electrons. The Hall–Kier alpha value is -0.940. The molecule has 1 amide bonds. The van der Waals surface area contributed by atoms with Crippen LogP contribution in [0.3, 0.4) is 0 Å². The van der Waals surface area contributed by atoms with E-state index in [0.717, 1.165) is 17.3 Å². The minimum Gasteiger partial charge on any atom is -0.396 e. The molecule has 0 aliphatic heterocycles. The summed E-state index contributed by atoms with van der Waals surface area (Å²) in [6, 6.07) is 3.89. The van der Waals surface area contributed by atoms with Gasteiger partial charge in [-0.25, -0.2) is 4.98 Å². The third-order valence-corrected chi connectivity index (χ3v) is 3.75. The molecule has 0 aromatic carbocycles. The summed E-state index contributed by atoms with van der Waals surface area (Å²) in [4.78, 5) is 18.4. The van der Waals surface area contributed by atoms with Crippen LogP contribution < -0.4 is 0 Å². The van der Waals surface area contributed by atoms with Crippen molar-refractivity contribution < 1.29 is 9.90 Å². The van der Waals surface area contributed by atoms with Gasteiger partial charge in [0.05, 0.1) is 0 Å².